The first-order valence-electron chi connectivity index (χ1n) is 6.42. The number of nitrogens with one attached hydrogen (secondary N) is 1. The topological polar surface area (TPSA) is 66.4 Å². The van der Waals surface area contributed by atoms with E-state index in [0.717, 1.165) is 0 Å². The maximum absolute atomic E-state index is 12.3. The summed E-state index contributed by atoms with van der Waals surface area (Å²) in [6.07, 6.45) is 0. The summed E-state index contributed by atoms with van der Waals surface area (Å²) >= 11 is 6.01. The van der Waals surface area contributed by atoms with E-state index in [2.05, 4.69) is 33.0 Å². The zero-order chi connectivity index (χ0) is 15.3. The average Bonchev–Trinajstić information content (AvgIpc) is 2.72. The Morgan fingerprint density at radius 3 is 2.15 bits per heavy atom. The van der Waals surface area contributed by atoms with Crippen molar-refractivity contribution in [1.29, 1.82) is 0 Å². The molecule has 0 heterocycles. The van der Waals surface area contributed by atoms with Crippen LogP contribution in [0.1, 0.15) is 38.1 Å². The van der Waals surface area contributed by atoms with Crippen LogP contribution in [0.25, 0.3) is 0 Å². The third-order valence-electron chi connectivity index (χ3n) is 4.76. The smallest absolute Gasteiger partial charge is 0.335 e. The summed E-state index contributed by atoms with van der Waals surface area (Å²) in [6.45, 7) is 8.25. The molecule has 4 nitrogen and oxygen atoms in total. The molecule has 1 aliphatic rings. The van der Waals surface area contributed by atoms with Crippen LogP contribution in [0, 0.1) is 16.7 Å². The molecule has 0 atom stereocenters. The molecule has 0 radical (unpaired) electrons. The lowest BCUT2D eigenvalue weighted by Crippen LogP contribution is -2.18. The van der Waals surface area contributed by atoms with Crippen molar-refractivity contribution < 1.29 is 14.7 Å². The van der Waals surface area contributed by atoms with Gasteiger partial charge in [0.25, 0.3) is 0 Å². The Labute approximate surface area is 123 Å². The molecule has 1 aromatic carbocycles. The number of carbonyl (C=O) groups is 2. The third-order valence-corrected chi connectivity index (χ3v) is 5.07. The first kappa shape index (κ1) is 14.9. The highest BCUT2D eigenvalue weighted by Gasteiger charge is 2.68. The Kier molecular flexibility index (Phi) is 3.33. The molecular formula is C15H18ClNO3. The van der Waals surface area contributed by atoms with Crippen LogP contribution in [0.4, 0.5) is 5.69 Å². The van der Waals surface area contributed by atoms with Crippen LogP contribution >= 0.6 is 11.6 Å². The first-order valence-corrected chi connectivity index (χ1v) is 6.80. The lowest BCUT2D eigenvalue weighted by atomic mass is 10.0. The number of hydrogen-bond acceptors (Lipinski definition) is 2. The van der Waals surface area contributed by atoms with E-state index in [1.54, 1.807) is 0 Å². The van der Waals surface area contributed by atoms with E-state index in [1.807, 2.05) is 0 Å². The first-order chi connectivity index (χ1) is 9.09. The van der Waals surface area contributed by atoms with E-state index < -0.39 is 5.97 Å². The van der Waals surface area contributed by atoms with Crippen molar-refractivity contribution in [3.63, 3.8) is 0 Å². The van der Waals surface area contributed by atoms with E-state index in [4.69, 9.17) is 16.7 Å². The van der Waals surface area contributed by atoms with Crippen LogP contribution in [0.2, 0.25) is 5.02 Å². The molecule has 5 heteroatoms. The standard InChI is InChI=1S/C15H18ClNO3/c1-14(2)11(15(14,3)4)12(18)17-10-6-5-8(13(19)20)7-9(10)16/h5-7,11H,1-4H3,(H,17,18)(H,19,20). The number of carboxylic acid groups (broad SMARTS) is 1. The summed E-state index contributed by atoms with van der Waals surface area (Å²) in [5.41, 5.74) is 0.440. The average molecular weight is 296 g/mol. The fourth-order valence-corrected chi connectivity index (χ4v) is 3.03. The normalized spacial score (nSPS) is 19.4. The summed E-state index contributed by atoms with van der Waals surface area (Å²) in [4.78, 5) is 23.1. The van der Waals surface area contributed by atoms with Crippen molar-refractivity contribution in [2.75, 3.05) is 5.32 Å². The number of rotatable bonds is 3. The van der Waals surface area contributed by atoms with Crippen LogP contribution in [-0.4, -0.2) is 17.0 Å². The van der Waals surface area contributed by atoms with E-state index in [-0.39, 0.29) is 33.2 Å². The van der Waals surface area contributed by atoms with Crippen molar-refractivity contribution in [2.24, 2.45) is 16.7 Å². The minimum atomic E-state index is -1.05. The summed E-state index contributed by atoms with van der Waals surface area (Å²) in [5.74, 6) is -1.20. The third kappa shape index (κ3) is 2.18. The molecule has 2 rings (SSSR count). The zero-order valence-electron chi connectivity index (χ0n) is 12.0. The minimum Gasteiger partial charge on any atom is -0.478 e. The second-order valence-electron chi connectivity index (χ2n) is 6.37. The SMILES string of the molecule is CC1(C)C(C(=O)Nc2ccc(C(=O)O)cc2Cl)C1(C)C. The molecule has 1 aliphatic carbocycles. The Hall–Kier alpha value is -1.55. The van der Waals surface area contributed by atoms with Gasteiger partial charge < -0.3 is 10.4 Å². The summed E-state index contributed by atoms with van der Waals surface area (Å²) in [5, 5.41) is 11.9. The summed E-state index contributed by atoms with van der Waals surface area (Å²) in [7, 11) is 0. The summed E-state index contributed by atoms with van der Waals surface area (Å²) < 4.78 is 0. The predicted molar refractivity (Wildman–Crippen MR) is 78.1 cm³/mol. The van der Waals surface area contributed by atoms with Gasteiger partial charge in [0.1, 0.15) is 0 Å². The van der Waals surface area contributed by atoms with Gasteiger partial charge in [0.15, 0.2) is 0 Å². The number of amides is 1. The van der Waals surface area contributed by atoms with Crippen LogP contribution < -0.4 is 5.32 Å². The number of carbonyl (C=O) groups excluding carboxylic acids is 1. The maximum atomic E-state index is 12.3. The second kappa shape index (κ2) is 4.48. The lowest BCUT2D eigenvalue weighted by molar-refractivity contribution is -0.118. The van der Waals surface area contributed by atoms with Gasteiger partial charge in [-0.1, -0.05) is 39.3 Å². The highest BCUT2D eigenvalue weighted by molar-refractivity contribution is 6.34. The molecule has 0 aromatic heterocycles. The molecule has 1 fully saturated rings. The molecule has 1 aromatic rings. The van der Waals surface area contributed by atoms with Crippen molar-refractivity contribution in [1.82, 2.24) is 0 Å². The van der Waals surface area contributed by atoms with Crippen LogP contribution in [0.15, 0.2) is 18.2 Å². The highest BCUT2D eigenvalue weighted by Crippen LogP contribution is 2.68. The van der Waals surface area contributed by atoms with Crippen LogP contribution in [-0.2, 0) is 4.79 Å². The maximum Gasteiger partial charge on any atom is 0.335 e. The monoisotopic (exact) mass is 295 g/mol. The number of carboxylic acids is 1. The quantitative estimate of drug-likeness (QED) is 0.894. The van der Waals surface area contributed by atoms with Crippen molar-refractivity contribution >= 4 is 29.2 Å². The van der Waals surface area contributed by atoms with Crippen LogP contribution in [0.5, 0.6) is 0 Å². The molecule has 0 spiro atoms. The molecule has 1 saturated carbocycles. The van der Waals surface area contributed by atoms with Gasteiger partial charge in [-0.05, 0) is 29.0 Å². The van der Waals surface area contributed by atoms with Gasteiger partial charge in [-0.25, -0.2) is 4.79 Å². The number of hydrogen-bond donors (Lipinski definition) is 2. The minimum absolute atomic E-state index is 0.0510. The molecule has 0 bridgehead atoms. The Balaban J connectivity index is 2.16. The lowest BCUT2D eigenvalue weighted by Gasteiger charge is -2.09. The van der Waals surface area contributed by atoms with Gasteiger partial charge in [0.05, 0.1) is 16.3 Å². The van der Waals surface area contributed by atoms with E-state index >= 15 is 0 Å². The predicted octanol–water partition coefficient (Wildman–Crippen LogP) is 3.66. The number of anilines is 1. The van der Waals surface area contributed by atoms with Gasteiger partial charge in [-0.3, -0.25) is 4.79 Å². The molecular weight excluding hydrogens is 278 g/mol. The van der Waals surface area contributed by atoms with Gasteiger partial charge in [0.2, 0.25) is 5.91 Å². The molecule has 2 N–H and O–H groups in total. The van der Waals surface area contributed by atoms with Crippen molar-refractivity contribution in [3.05, 3.63) is 28.8 Å². The van der Waals surface area contributed by atoms with Gasteiger partial charge in [0, 0.05) is 5.92 Å². The van der Waals surface area contributed by atoms with E-state index in [0.29, 0.717) is 5.69 Å². The molecule has 0 aliphatic heterocycles. The molecule has 108 valence electrons. The second-order valence-corrected chi connectivity index (χ2v) is 6.77. The van der Waals surface area contributed by atoms with Gasteiger partial charge in [-0.15, -0.1) is 0 Å². The Bertz CT molecular complexity index is 579. The van der Waals surface area contributed by atoms with Crippen LogP contribution in [0.3, 0.4) is 0 Å². The molecule has 1 amide bonds. The largest absolute Gasteiger partial charge is 0.478 e. The fourth-order valence-electron chi connectivity index (χ4n) is 2.81. The molecule has 20 heavy (non-hydrogen) atoms. The van der Waals surface area contributed by atoms with Gasteiger partial charge >= 0.3 is 5.97 Å². The number of aromatic carboxylic acids is 1. The summed E-state index contributed by atoms with van der Waals surface area (Å²) in [6, 6.07) is 4.28. The van der Waals surface area contributed by atoms with Gasteiger partial charge in [-0.2, -0.15) is 0 Å². The zero-order valence-corrected chi connectivity index (χ0v) is 12.7. The fraction of sp³-hybridized carbons (Fsp3) is 0.467. The van der Waals surface area contributed by atoms with E-state index in [9.17, 15) is 9.59 Å². The van der Waals surface area contributed by atoms with Crippen molar-refractivity contribution in [2.45, 2.75) is 27.7 Å². The van der Waals surface area contributed by atoms with E-state index in [1.165, 1.54) is 18.2 Å². The van der Waals surface area contributed by atoms with Crippen molar-refractivity contribution in [3.8, 4) is 0 Å². The Morgan fingerprint density at radius 2 is 1.75 bits per heavy atom. The number of halogens is 1. The number of benzene rings is 1. The highest BCUT2D eigenvalue weighted by atomic mass is 35.5. The Morgan fingerprint density at radius 1 is 1.20 bits per heavy atom. The molecule has 0 unspecified atom stereocenters. The molecule has 0 saturated heterocycles.